The van der Waals surface area contributed by atoms with Crippen LogP contribution >= 0.6 is 28.1 Å². The van der Waals surface area contributed by atoms with Gasteiger partial charge in [-0.1, -0.05) is 6.08 Å². The van der Waals surface area contributed by atoms with Gasteiger partial charge < -0.3 is 15.2 Å². The van der Waals surface area contributed by atoms with E-state index in [1.165, 1.54) is 7.11 Å². The number of thiocarbonyl (C=S) groups is 1. The number of hydrogen-bond donors (Lipinski definition) is 3. The van der Waals surface area contributed by atoms with Gasteiger partial charge in [0.1, 0.15) is 0 Å². The van der Waals surface area contributed by atoms with Gasteiger partial charge in [-0.05, 0) is 45.8 Å². The van der Waals surface area contributed by atoms with Gasteiger partial charge in [-0.15, -0.1) is 6.58 Å². The van der Waals surface area contributed by atoms with Crippen LogP contribution in [0, 0.1) is 0 Å². The van der Waals surface area contributed by atoms with Crippen LogP contribution in [0.4, 0.5) is 0 Å². The van der Waals surface area contributed by atoms with E-state index in [1.807, 2.05) is 0 Å². The standard InChI is InChI=1S/C12H14BrN3O2S/c1-3-4-14-12(19)16-15-7-8-5-9(13)11(17)10(6-8)18-2/h3,5-7,17H,1,4H2,2H3,(H2,14,16,19)/b15-7+. The molecular weight excluding hydrogens is 330 g/mol. The molecule has 19 heavy (non-hydrogen) atoms. The van der Waals surface area contributed by atoms with Gasteiger partial charge in [-0.3, -0.25) is 5.43 Å². The molecule has 0 heterocycles. The molecule has 0 unspecified atom stereocenters. The number of phenolic OH excluding ortho intramolecular Hbond substituents is 1. The summed E-state index contributed by atoms with van der Waals surface area (Å²) in [5.74, 6) is 0.416. The molecule has 0 bridgehead atoms. The Morgan fingerprint density at radius 1 is 1.63 bits per heavy atom. The summed E-state index contributed by atoms with van der Waals surface area (Å²) >= 11 is 8.20. The van der Waals surface area contributed by atoms with Gasteiger partial charge in [0.25, 0.3) is 0 Å². The van der Waals surface area contributed by atoms with Crippen LogP contribution in [0.3, 0.4) is 0 Å². The number of hydrogen-bond acceptors (Lipinski definition) is 4. The van der Waals surface area contributed by atoms with Crippen molar-refractivity contribution in [2.45, 2.75) is 0 Å². The minimum absolute atomic E-state index is 0.0516. The molecule has 7 heteroatoms. The number of nitrogens with one attached hydrogen (secondary N) is 2. The summed E-state index contributed by atoms with van der Waals surface area (Å²) < 4.78 is 5.56. The smallest absolute Gasteiger partial charge is 0.187 e. The highest BCUT2D eigenvalue weighted by molar-refractivity contribution is 9.10. The number of phenols is 1. The summed E-state index contributed by atoms with van der Waals surface area (Å²) in [4.78, 5) is 0. The molecule has 0 aromatic heterocycles. The van der Waals surface area contributed by atoms with Crippen molar-refractivity contribution in [2.75, 3.05) is 13.7 Å². The number of hydrazone groups is 1. The fourth-order valence-corrected chi connectivity index (χ4v) is 1.79. The number of aromatic hydroxyl groups is 1. The number of benzene rings is 1. The van der Waals surface area contributed by atoms with Crippen molar-refractivity contribution in [3.63, 3.8) is 0 Å². The second-order valence-corrected chi connectivity index (χ2v) is 4.68. The number of methoxy groups -OCH3 is 1. The molecule has 0 atom stereocenters. The van der Waals surface area contributed by atoms with Crippen LogP contribution in [0.5, 0.6) is 11.5 Å². The van der Waals surface area contributed by atoms with Crippen molar-refractivity contribution in [3.05, 3.63) is 34.8 Å². The van der Waals surface area contributed by atoms with E-state index in [0.29, 0.717) is 21.9 Å². The molecule has 0 aliphatic heterocycles. The molecule has 0 fully saturated rings. The molecule has 0 spiro atoms. The Labute approximate surface area is 125 Å². The van der Waals surface area contributed by atoms with Gasteiger partial charge in [0.2, 0.25) is 0 Å². The molecule has 0 aliphatic rings. The van der Waals surface area contributed by atoms with E-state index < -0.39 is 0 Å². The molecular formula is C12H14BrN3O2S. The van der Waals surface area contributed by atoms with Crippen molar-refractivity contribution in [3.8, 4) is 11.5 Å². The van der Waals surface area contributed by atoms with E-state index >= 15 is 0 Å². The Kier molecular flexibility index (Phi) is 6.31. The molecule has 1 aromatic rings. The zero-order valence-electron chi connectivity index (χ0n) is 10.3. The lowest BCUT2D eigenvalue weighted by atomic mass is 10.2. The maximum atomic E-state index is 9.66. The van der Waals surface area contributed by atoms with Crippen molar-refractivity contribution < 1.29 is 9.84 Å². The molecule has 3 N–H and O–H groups in total. The van der Waals surface area contributed by atoms with Crippen LogP contribution in [0.2, 0.25) is 0 Å². The summed E-state index contributed by atoms with van der Waals surface area (Å²) in [7, 11) is 1.48. The van der Waals surface area contributed by atoms with Gasteiger partial charge in [-0.2, -0.15) is 5.10 Å². The van der Waals surface area contributed by atoms with Gasteiger partial charge in [0, 0.05) is 6.54 Å². The van der Waals surface area contributed by atoms with Crippen LogP contribution in [0.25, 0.3) is 0 Å². The van der Waals surface area contributed by atoms with E-state index in [1.54, 1.807) is 24.4 Å². The lowest BCUT2D eigenvalue weighted by molar-refractivity contribution is 0.372. The van der Waals surface area contributed by atoms with E-state index in [2.05, 4.69) is 38.4 Å². The number of nitrogens with zero attached hydrogens (tertiary/aromatic N) is 1. The normalized spacial score (nSPS) is 10.2. The van der Waals surface area contributed by atoms with Crippen molar-refractivity contribution >= 4 is 39.5 Å². The first-order chi connectivity index (χ1) is 9.08. The third-order valence-electron chi connectivity index (χ3n) is 2.06. The second-order valence-electron chi connectivity index (χ2n) is 3.42. The monoisotopic (exact) mass is 343 g/mol. The van der Waals surface area contributed by atoms with Crippen LogP contribution in [-0.4, -0.2) is 30.1 Å². The van der Waals surface area contributed by atoms with Crippen molar-refractivity contribution in [1.82, 2.24) is 10.7 Å². The number of ether oxygens (including phenoxy) is 1. The van der Waals surface area contributed by atoms with Gasteiger partial charge >= 0.3 is 0 Å². The first-order valence-corrected chi connectivity index (χ1v) is 6.53. The molecule has 0 saturated carbocycles. The van der Waals surface area contributed by atoms with Crippen LogP contribution in [0.1, 0.15) is 5.56 Å². The summed E-state index contributed by atoms with van der Waals surface area (Å²) in [5.41, 5.74) is 3.41. The zero-order chi connectivity index (χ0) is 14.3. The fraction of sp³-hybridized carbons (Fsp3) is 0.167. The van der Waals surface area contributed by atoms with Gasteiger partial charge in [0.15, 0.2) is 16.6 Å². The first kappa shape index (κ1) is 15.5. The Morgan fingerprint density at radius 2 is 2.37 bits per heavy atom. The van der Waals surface area contributed by atoms with Crippen LogP contribution < -0.4 is 15.5 Å². The topological polar surface area (TPSA) is 65.9 Å². The molecule has 0 saturated heterocycles. The van der Waals surface area contributed by atoms with Gasteiger partial charge in [0.05, 0.1) is 17.8 Å². The van der Waals surface area contributed by atoms with Crippen LogP contribution in [0.15, 0.2) is 34.4 Å². The van der Waals surface area contributed by atoms with E-state index in [0.717, 1.165) is 5.56 Å². The molecule has 0 radical (unpaired) electrons. The molecule has 5 nitrogen and oxygen atoms in total. The summed E-state index contributed by atoms with van der Waals surface area (Å²) in [6.07, 6.45) is 3.26. The van der Waals surface area contributed by atoms with E-state index in [4.69, 9.17) is 17.0 Å². The predicted octanol–water partition coefficient (Wildman–Crippen LogP) is 2.15. The summed E-state index contributed by atoms with van der Waals surface area (Å²) in [6.45, 7) is 4.14. The predicted molar refractivity (Wildman–Crippen MR) is 83.9 cm³/mol. The lowest BCUT2D eigenvalue weighted by Crippen LogP contribution is -2.31. The van der Waals surface area contributed by atoms with Crippen molar-refractivity contribution in [1.29, 1.82) is 0 Å². The highest BCUT2D eigenvalue weighted by atomic mass is 79.9. The zero-order valence-corrected chi connectivity index (χ0v) is 12.7. The minimum atomic E-state index is 0.0516. The maximum Gasteiger partial charge on any atom is 0.187 e. The Balaban J connectivity index is 2.69. The Bertz CT molecular complexity index is 506. The third-order valence-corrected chi connectivity index (χ3v) is 2.90. The summed E-state index contributed by atoms with van der Waals surface area (Å²) in [6, 6.07) is 3.37. The van der Waals surface area contributed by atoms with E-state index in [-0.39, 0.29) is 5.75 Å². The number of rotatable bonds is 5. The second kappa shape index (κ2) is 7.75. The Hall–Kier alpha value is -1.60. The molecule has 0 amide bonds. The average Bonchev–Trinajstić information content (AvgIpc) is 2.40. The average molecular weight is 344 g/mol. The molecule has 0 aliphatic carbocycles. The first-order valence-electron chi connectivity index (χ1n) is 5.32. The molecule has 1 aromatic carbocycles. The summed E-state index contributed by atoms with van der Waals surface area (Å²) in [5, 5.41) is 16.9. The minimum Gasteiger partial charge on any atom is -0.503 e. The van der Waals surface area contributed by atoms with E-state index in [9.17, 15) is 5.11 Å². The molecule has 1 rings (SSSR count). The maximum absolute atomic E-state index is 9.66. The van der Waals surface area contributed by atoms with Crippen LogP contribution in [-0.2, 0) is 0 Å². The SMILES string of the molecule is C=CCNC(=S)N/N=C/c1cc(Br)c(O)c(OC)c1. The largest absolute Gasteiger partial charge is 0.503 e. The highest BCUT2D eigenvalue weighted by Crippen LogP contribution is 2.34. The fourth-order valence-electron chi connectivity index (χ4n) is 1.19. The molecule has 102 valence electrons. The van der Waals surface area contributed by atoms with Gasteiger partial charge in [-0.25, -0.2) is 0 Å². The Morgan fingerprint density at radius 3 is 3.00 bits per heavy atom. The van der Waals surface area contributed by atoms with Crippen molar-refractivity contribution in [2.24, 2.45) is 5.10 Å². The quantitative estimate of drug-likeness (QED) is 0.331. The number of halogens is 1. The highest BCUT2D eigenvalue weighted by Gasteiger charge is 2.07. The lowest BCUT2D eigenvalue weighted by Gasteiger charge is -2.06. The third kappa shape index (κ3) is 4.88.